The molecule has 28 heavy (non-hydrogen) atoms. The van der Waals surface area contributed by atoms with Gasteiger partial charge in [-0.1, -0.05) is 41.6 Å². The van der Waals surface area contributed by atoms with Gasteiger partial charge in [-0.15, -0.1) is 10.2 Å². The highest BCUT2D eigenvalue weighted by atomic mass is 32.2. The zero-order valence-electron chi connectivity index (χ0n) is 15.7. The van der Waals surface area contributed by atoms with Gasteiger partial charge in [0.05, 0.1) is 5.25 Å². The number of benzene rings is 2. The molecule has 0 saturated heterocycles. The smallest absolute Gasteiger partial charge is 0.277 e. The van der Waals surface area contributed by atoms with Gasteiger partial charge >= 0.3 is 0 Å². The quantitative estimate of drug-likeness (QED) is 0.574. The minimum Gasteiger partial charge on any atom is -0.478 e. The second-order valence-corrected chi connectivity index (χ2v) is 7.50. The normalized spacial score (nSPS) is 13.0. The van der Waals surface area contributed by atoms with Crippen molar-refractivity contribution >= 4 is 23.4 Å². The van der Waals surface area contributed by atoms with Crippen LogP contribution in [0.3, 0.4) is 0 Å². The van der Waals surface area contributed by atoms with E-state index in [-0.39, 0.29) is 22.8 Å². The summed E-state index contributed by atoms with van der Waals surface area (Å²) >= 11 is 1.14. The van der Waals surface area contributed by atoms with Gasteiger partial charge < -0.3 is 14.5 Å². The summed E-state index contributed by atoms with van der Waals surface area (Å²) in [5.74, 6) is -0.334. The highest BCUT2D eigenvalue weighted by Gasteiger charge is 2.21. The number of nitrogens with zero attached hydrogens (tertiary/aromatic N) is 2. The molecular weight excluding hydrogens is 381 g/mol. The molecule has 1 amide bonds. The first kappa shape index (κ1) is 19.9. The molecule has 2 aromatic carbocycles. The first-order chi connectivity index (χ1) is 13.4. The number of ether oxygens (including phenoxy) is 1. The SMILES string of the molecule is Cc1ccc(NC(=O)[C@@H](C)Sc2nnc([C@@H](C)Oc3ccccc3F)o2)cc1. The van der Waals surface area contributed by atoms with E-state index in [2.05, 4.69) is 15.5 Å². The lowest BCUT2D eigenvalue weighted by molar-refractivity contribution is -0.115. The zero-order chi connectivity index (χ0) is 20.1. The van der Waals surface area contributed by atoms with Crippen LogP contribution in [0.4, 0.5) is 10.1 Å². The molecule has 0 unspecified atom stereocenters. The number of anilines is 1. The summed E-state index contributed by atoms with van der Waals surface area (Å²) in [4.78, 5) is 12.3. The van der Waals surface area contributed by atoms with Gasteiger partial charge in [0.25, 0.3) is 11.1 Å². The van der Waals surface area contributed by atoms with E-state index in [1.165, 1.54) is 12.1 Å². The van der Waals surface area contributed by atoms with Gasteiger partial charge in [-0.2, -0.15) is 0 Å². The van der Waals surface area contributed by atoms with Crippen molar-refractivity contribution in [3.8, 4) is 5.75 Å². The van der Waals surface area contributed by atoms with Gasteiger partial charge in [0, 0.05) is 5.69 Å². The first-order valence-corrected chi connectivity index (χ1v) is 9.59. The van der Waals surface area contributed by atoms with Gasteiger partial charge in [-0.05, 0) is 45.0 Å². The number of carbonyl (C=O) groups excluding carboxylic acids is 1. The first-order valence-electron chi connectivity index (χ1n) is 8.71. The Bertz CT molecular complexity index is 946. The van der Waals surface area contributed by atoms with Crippen LogP contribution in [0.1, 0.15) is 31.4 Å². The summed E-state index contributed by atoms with van der Waals surface area (Å²) in [6.07, 6.45) is -0.629. The fourth-order valence-electron chi connectivity index (χ4n) is 2.30. The number of hydrogen-bond donors (Lipinski definition) is 1. The Morgan fingerprint density at radius 1 is 1.14 bits per heavy atom. The lowest BCUT2D eigenvalue weighted by Gasteiger charge is -2.11. The van der Waals surface area contributed by atoms with E-state index in [1.807, 2.05) is 31.2 Å². The predicted octanol–water partition coefficient (Wildman–Crippen LogP) is 4.78. The number of thioether (sulfide) groups is 1. The Morgan fingerprint density at radius 3 is 2.57 bits per heavy atom. The van der Waals surface area contributed by atoms with E-state index < -0.39 is 17.2 Å². The molecule has 0 aliphatic rings. The third kappa shape index (κ3) is 5.10. The second-order valence-electron chi connectivity index (χ2n) is 6.21. The van der Waals surface area contributed by atoms with Crippen molar-refractivity contribution < 1.29 is 18.3 Å². The van der Waals surface area contributed by atoms with Crippen LogP contribution in [-0.4, -0.2) is 21.4 Å². The molecule has 0 spiro atoms. The molecular formula is C20H20FN3O3S. The molecule has 0 aliphatic carbocycles. The van der Waals surface area contributed by atoms with Crippen molar-refractivity contribution in [1.82, 2.24) is 10.2 Å². The second kappa shape index (κ2) is 8.88. The highest BCUT2D eigenvalue weighted by molar-refractivity contribution is 8.00. The summed E-state index contributed by atoms with van der Waals surface area (Å²) in [5, 5.41) is 10.5. The third-order valence-corrected chi connectivity index (χ3v) is 4.81. The molecule has 8 heteroatoms. The average molecular weight is 401 g/mol. The van der Waals surface area contributed by atoms with E-state index in [9.17, 15) is 9.18 Å². The van der Waals surface area contributed by atoms with Crippen LogP contribution in [0, 0.1) is 12.7 Å². The van der Waals surface area contributed by atoms with Crippen LogP contribution < -0.4 is 10.1 Å². The Morgan fingerprint density at radius 2 is 1.86 bits per heavy atom. The number of nitrogens with one attached hydrogen (secondary N) is 1. The van der Waals surface area contributed by atoms with Gasteiger partial charge in [-0.3, -0.25) is 4.79 Å². The van der Waals surface area contributed by atoms with E-state index in [1.54, 1.807) is 26.0 Å². The molecule has 3 aromatic rings. The number of rotatable bonds is 7. The molecule has 6 nitrogen and oxygen atoms in total. The van der Waals surface area contributed by atoms with E-state index in [4.69, 9.17) is 9.15 Å². The van der Waals surface area contributed by atoms with Crippen LogP contribution in [0.25, 0.3) is 0 Å². The molecule has 1 heterocycles. The number of halogens is 1. The molecule has 0 aliphatic heterocycles. The average Bonchev–Trinajstić information content (AvgIpc) is 3.14. The molecule has 0 bridgehead atoms. The summed E-state index contributed by atoms with van der Waals surface area (Å²) in [7, 11) is 0. The number of hydrogen-bond acceptors (Lipinski definition) is 6. The van der Waals surface area contributed by atoms with Crippen molar-refractivity contribution in [3.63, 3.8) is 0 Å². The number of aromatic nitrogens is 2. The predicted molar refractivity (Wildman–Crippen MR) is 105 cm³/mol. The van der Waals surface area contributed by atoms with Gasteiger partial charge in [-0.25, -0.2) is 4.39 Å². The van der Waals surface area contributed by atoms with Gasteiger partial charge in [0.15, 0.2) is 17.7 Å². The highest BCUT2D eigenvalue weighted by Crippen LogP contribution is 2.27. The Balaban J connectivity index is 1.58. The monoisotopic (exact) mass is 401 g/mol. The Hall–Kier alpha value is -2.87. The topological polar surface area (TPSA) is 77.2 Å². The van der Waals surface area contributed by atoms with Crippen LogP contribution in [0.2, 0.25) is 0 Å². The number of para-hydroxylation sites is 1. The number of aryl methyl sites for hydroxylation is 1. The summed E-state index contributed by atoms with van der Waals surface area (Å²) in [5.41, 5.74) is 1.84. The lowest BCUT2D eigenvalue weighted by Crippen LogP contribution is -2.22. The minimum atomic E-state index is -0.629. The zero-order valence-corrected chi connectivity index (χ0v) is 16.5. The fraction of sp³-hybridized carbons (Fsp3) is 0.250. The maximum absolute atomic E-state index is 13.7. The molecule has 1 aromatic heterocycles. The minimum absolute atomic E-state index is 0.105. The number of amides is 1. The molecule has 146 valence electrons. The van der Waals surface area contributed by atoms with Crippen LogP contribution in [0.5, 0.6) is 5.75 Å². The van der Waals surface area contributed by atoms with Crippen molar-refractivity contribution in [3.05, 3.63) is 65.8 Å². The van der Waals surface area contributed by atoms with Crippen LogP contribution in [0.15, 0.2) is 58.2 Å². The molecule has 2 atom stereocenters. The molecule has 1 N–H and O–H groups in total. The van der Waals surface area contributed by atoms with E-state index in [0.29, 0.717) is 0 Å². The van der Waals surface area contributed by atoms with E-state index >= 15 is 0 Å². The molecule has 3 rings (SSSR count). The maximum atomic E-state index is 13.7. The van der Waals surface area contributed by atoms with Crippen molar-refractivity contribution in [2.45, 2.75) is 37.3 Å². The molecule has 0 saturated carbocycles. The Labute approximate surface area is 166 Å². The molecule has 0 radical (unpaired) electrons. The van der Waals surface area contributed by atoms with Crippen molar-refractivity contribution in [1.29, 1.82) is 0 Å². The summed E-state index contributed by atoms with van der Waals surface area (Å²) < 4.78 is 24.8. The van der Waals surface area contributed by atoms with Crippen LogP contribution >= 0.6 is 11.8 Å². The van der Waals surface area contributed by atoms with Crippen molar-refractivity contribution in [2.24, 2.45) is 0 Å². The van der Waals surface area contributed by atoms with Gasteiger partial charge in [0.1, 0.15) is 0 Å². The van der Waals surface area contributed by atoms with Gasteiger partial charge in [0.2, 0.25) is 5.91 Å². The number of carbonyl (C=O) groups is 1. The summed E-state index contributed by atoms with van der Waals surface area (Å²) in [6, 6.07) is 13.6. The van der Waals surface area contributed by atoms with Crippen molar-refractivity contribution in [2.75, 3.05) is 5.32 Å². The summed E-state index contributed by atoms with van der Waals surface area (Å²) in [6.45, 7) is 5.41. The largest absolute Gasteiger partial charge is 0.478 e. The maximum Gasteiger partial charge on any atom is 0.277 e. The lowest BCUT2D eigenvalue weighted by atomic mass is 10.2. The Kier molecular flexibility index (Phi) is 6.30. The third-order valence-electron chi connectivity index (χ3n) is 3.88. The van der Waals surface area contributed by atoms with Crippen LogP contribution in [-0.2, 0) is 4.79 Å². The fourth-order valence-corrected chi connectivity index (χ4v) is 2.99. The standard InChI is InChI=1S/C20H20FN3O3S/c1-12-8-10-15(11-9-12)22-18(25)14(3)28-20-24-23-19(27-20)13(2)26-17-7-5-4-6-16(17)21/h4-11,13-14H,1-3H3,(H,22,25)/t13-,14-/m1/s1. The molecule has 0 fully saturated rings. The van der Waals surface area contributed by atoms with E-state index in [0.717, 1.165) is 23.0 Å².